The quantitative estimate of drug-likeness (QED) is 0.00482. The van der Waals surface area contributed by atoms with Gasteiger partial charge in [-0.15, -0.1) is 0 Å². The molecule has 0 heterocycles. The van der Waals surface area contributed by atoms with Gasteiger partial charge in [-0.25, -0.2) is 19.8 Å². The van der Waals surface area contributed by atoms with E-state index in [1.54, 1.807) is 86.5 Å². The van der Waals surface area contributed by atoms with Crippen molar-refractivity contribution in [2.75, 3.05) is 116 Å². The van der Waals surface area contributed by atoms with Crippen molar-refractivity contribution in [2.45, 2.75) is 125 Å². The molecule has 0 bridgehead atoms. The number of nitrogens with two attached hydrogens (primary N) is 1. The molecule has 8 N–H and O–H groups in total. The Morgan fingerprint density at radius 1 is 0.564 bits per heavy atom. The Hall–Kier alpha value is -9.35. The highest BCUT2D eigenvalue weighted by molar-refractivity contribution is 5.85. The molecule has 562 valence electrons. The van der Waals surface area contributed by atoms with E-state index >= 15 is 0 Å². The number of likely N-dealkylation sites (N-methyl/N-ethyl adjacent to an activating group) is 3. The van der Waals surface area contributed by atoms with Gasteiger partial charge in [0.05, 0.1) is 67.8 Å². The van der Waals surface area contributed by atoms with Gasteiger partial charge in [-0.05, 0) is 174 Å². The van der Waals surface area contributed by atoms with Crippen molar-refractivity contribution in [3.8, 4) is 63.2 Å². The number of carbonyl (C=O) groups excluding carboxylic acids is 5. The smallest absolute Gasteiger partial charge is 0.493 e. The molecule has 0 saturated carbocycles. The Balaban J connectivity index is 0.000000513. The second-order valence-corrected chi connectivity index (χ2v) is 24.2. The first-order chi connectivity index (χ1) is 48.2. The van der Waals surface area contributed by atoms with E-state index in [0.717, 1.165) is 61.1 Å². The number of aldehydes is 1. The van der Waals surface area contributed by atoms with Crippen LogP contribution in [-0.2, 0) is 40.0 Å². The molecule has 0 aliphatic carbocycles. The maximum Gasteiger partial charge on any atom is 0.519 e. The lowest BCUT2D eigenvalue weighted by Crippen LogP contribution is -2.49. The van der Waals surface area contributed by atoms with Crippen LogP contribution in [0.1, 0.15) is 104 Å². The first-order valence-electron chi connectivity index (χ1n) is 33.6. The fourth-order valence-electron chi connectivity index (χ4n) is 9.49. The first kappa shape index (κ1) is 87.7. The Kier molecular flexibility index (Phi) is 42.1. The van der Waals surface area contributed by atoms with Crippen LogP contribution in [0.2, 0.25) is 0 Å². The number of nitrogens with zero attached hydrogens (tertiary/aromatic N) is 2. The van der Waals surface area contributed by atoms with Crippen LogP contribution in [0.4, 0.5) is 20.1 Å². The van der Waals surface area contributed by atoms with Gasteiger partial charge >= 0.3 is 18.3 Å². The third-order valence-corrected chi connectivity index (χ3v) is 14.4. The normalized spacial score (nSPS) is 11.3. The third-order valence-electron chi connectivity index (χ3n) is 14.4. The fraction of sp³-hybridized carbons (Fsp3) is 0.521. The number of alkyl carbamates (subject to hydrolysis) is 1. The zero-order valence-electron chi connectivity index (χ0n) is 62.3. The lowest BCUT2D eigenvalue weighted by molar-refractivity contribution is -0.384. The van der Waals surface area contributed by atoms with Gasteiger partial charge in [-0.1, -0.05) is 53.7 Å². The number of rotatable bonds is 38. The number of nitro groups is 1. The van der Waals surface area contributed by atoms with Gasteiger partial charge in [0.25, 0.3) is 5.69 Å². The van der Waals surface area contributed by atoms with Gasteiger partial charge in [0.2, 0.25) is 17.4 Å². The van der Waals surface area contributed by atoms with Crippen molar-refractivity contribution in [1.29, 1.82) is 0 Å². The van der Waals surface area contributed by atoms with E-state index in [1.165, 1.54) is 38.5 Å². The van der Waals surface area contributed by atoms with E-state index in [0.29, 0.717) is 128 Å². The van der Waals surface area contributed by atoms with Crippen molar-refractivity contribution in [3.05, 3.63) is 117 Å². The molecule has 2 atom stereocenters. The van der Waals surface area contributed by atoms with E-state index in [2.05, 4.69) is 52.9 Å². The number of amides is 3. The lowest BCUT2D eigenvalue weighted by Gasteiger charge is -2.24. The standard InChI is InChI=1S/C29H43N3O7.C25H25NO9.C15H31N3O3.C4H12N2/c1-8-32(14-13-30-31-23(19-33)15-20(2)3)29(34)39-25-16-21(11-12-24(25)35-4)9-10-22-17-26(36-5)28(38-7)27(18-22)37-6;1-30-20-12-7-16(5-6-17-14-22(31-2)24(33-4)23(15-17)32-3)13-21(20)35-25(27)34-19-10-8-18(9-11-19)26(28)29;1-7-16-8-9-17-13(19)12(10-11(2)3)18-14(20)21-15(4,5)6;1-2-6-4-3-5/h11-12,16-20,23,30-31H,8-10,13-15H2,1-7H3;7-15H,5-6H2,1-4H3;11-12,16H,7-10H2,1-6H3,(H,17,19)(H,18,20);6H,2-5H2,1H3/t23-;;12-;/m1.1./s1. The number of methoxy groups -OCH3 is 8. The van der Waals surface area contributed by atoms with Crippen LogP contribution in [0.15, 0.2) is 84.9 Å². The summed E-state index contributed by atoms with van der Waals surface area (Å²) in [4.78, 5) is 72.2. The average Bonchev–Trinajstić information content (AvgIpc) is 0.826. The summed E-state index contributed by atoms with van der Waals surface area (Å²) in [6.45, 7) is 25.6. The first-order valence-corrected chi connectivity index (χ1v) is 33.6. The number of hydrazine groups is 1. The van der Waals surface area contributed by atoms with E-state index in [9.17, 15) is 34.1 Å². The minimum atomic E-state index is -1.00. The number of ether oxygens (including phenoxy) is 12. The number of hydrogen-bond donors (Lipinski definition) is 7. The monoisotopic (exact) mass is 1420 g/mol. The van der Waals surface area contributed by atoms with Gasteiger partial charge in [-0.3, -0.25) is 20.3 Å². The van der Waals surface area contributed by atoms with E-state index in [1.807, 2.05) is 70.2 Å². The van der Waals surface area contributed by atoms with Crippen LogP contribution in [0.25, 0.3) is 0 Å². The predicted octanol–water partition coefficient (Wildman–Crippen LogP) is 10.2. The molecule has 28 nitrogen and oxygen atoms in total. The molecule has 0 aliphatic heterocycles. The molecular formula is C73H111N9O19. The van der Waals surface area contributed by atoms with E-state index < -0.39 is 34.9 Å². The van der Waals surface area contributed by atoms with Crippen molar-refractivity contribution in [3.63, 3.8) is 0 Å². The molecule has 28 heteroatoms. The Bertz CT molecular complexity index is 3220. The van der Waals surface area contributed by atoms with Crippen molar-refractivity contribution in [1.82, 2.24) is 37.0 Å². The largest absolute Gasteiger partial charge is 0.519 e. The highest BCUT2D eigenvalue weighted by Gasteiger charge is 2.26. The molecule has 0 saturated heterocycles. The highest BCUT2D eigenvalue weighted by Crippen LogP contribution is 2.40. The van der Waals surface area contributed by atoms with E-state index in [-0.39, 0.29) is 29.1 Å². The highest BCUT2D eigenvalue weighted by atomic mass is 16.7. The Morgan fingerprint density at radius 3 is 1.42 bits per heavy atom. The molecule has 0 radical (unpaired) electrons. The van der Waals surface area contributed by atoms with Gasteiger partial charge in [0, 0.05) is 57.9 Å². The summed E-state index contributed by atoms with van der Waals surface area (Å²) < 4.78 is 64.6. The molecule has 3 amide bonds. The zero-order chi connectivity index (χ0) is 75.5. The van der Waals surface area contributed by atoms with Crippen LogP contribution in [0.3, 0.4) is 0 Å². The molecule has 5 aromatic carbocycles. The molecular weight excluding hydrogens is 1310 g/mol. The zero-order valence-corrected chi connectivity index (χ0v) is 62.3. The van der Waals surface area contributed by atoms with Crippen LogP contribution in [0.5, 0.6) is 63.2 Å². The molecule has 0 aliphatic rings. The van der Waals surface area contributed by atoms with Crippen molar-refractivity contribution < 1.29 is 85.7 Å². The van der Waals surface area contributed by atoms with Gasteiger partial charge in [0.1, 0.15) is 23.7 Å². The molecule has 5 rings (SSSR count). The van der Waals surface area contributed by atoms with Gasteiger partial charge < -0.3 is 93.5 Å². The second-order valence-electron chi connectivity index (χ2n) is 24.2. The molecule has 0 fully saturated rings. The van der Waals surface area contributed by atoms with Crippen LogP contribution < -0.4 is 90.0 Å². The second kappa shape index (κ2) is 48.4. The Labute approximate surface area is 596 Å². The number of hydrogen-bond acceptors (Lipinski definition) is 24. The summed E-state index contributed by atoms with van der Waals surface area (Å²) in [5, 5.41) is 22.4. The maximum absolute atomic E-state index is 12.9. The Morgan fingerprint density at radius 2 is 1.02 bits per heavy atom. The van der Waals surface area contributed by atoms with Gasteiger partial charge in [0.15, 0.2) is 46.0 Å². The number of non-ortho nitro benzene ring substituents is 1. The number of benzene rings is 5. The van der Waals surface area contributed by atoms with Crippen LogP contribution in [0, 0.1) is 22.0 Å². The number of aryl methyl sites for hydroxylation is 4. The minimum Gasteiger partial charge on any atom is -0.493 e. The SMILES string of the molecule is CCN(CCNN[C@@H](C=O)CC(C)C)C(=O)Oc1cc(CCc2cc(OC)c(OC)c(OC)c2)ccc1OC.CCNCCN.CCNCCNC(=O)[C@@H](CC(C)C)NC(=O)OC(C)(C)C.COc1ccc(CCc2cc(OC)c(OC)c(OC)c2)cc1OC(=O)Oc1ccc([N+](=O)[O-])cc1. The van der Waals surface area contributed by atoms with Crippen molar-refractivity contribution in [2.24, 2.45) is 17.6 Å². The summed E-state index contributed by atoms with van der Waals surface area (Å²) in [5.41, 5.74) is 14.3. The molecule has 0 aromatic heterocycles. The predicted molar refractivity (Wildman–Crippen MR) is 388 cm³/mol. The van der Waals surface area contributed by atoms with Crippen molar-refractivity contribution >= 4 is 36.2 Å². The fourth-order valence-corrected chi connectivity index (χ4v) is 9.49. The van der Waals surface area contributed by atoms with Crippen LogP contribution in [-0.4, -0.2) is 174 Å². The summed E-state index contributed by atoms with van der Waals surface area (Å²) in [6, 6.07) is 22.7. The summed E-state index contributed by atoms with van der Waals surface area (Å²) in [7, 11) is 12.4. The van der Waals surface area contributed by atoms with Gasteiger partial charge in [-0.2, -0.15) is 0 Å². The maximum atomic E-state index is 12.9. The number of nitrogens with one attached hydrogen (secondary N) is 6. The molecule has 5 aromatic rings. The van der Waals surface area contributed by atoms with E-state index in [4.69, 9.17) is 62.6 Å². The topological polar surface area (TPSA) is 341 Å². The minimum absolute atomic E-state index is 0.109. The molecule has 0 unspecified atom stereocenters. The summed E-state index contributed by atoms with van der Waals surface area (Å²) in [6.07, 6.45) is 2.81. The van der Waals surface area contributed by atoms with Crippen LogP contribution >= 0.6 is 0 Å². The third kappa shape index (κ3) is 33.6. The lowest BCUT2D eigenvalue weighted by atomic mass is 10.0. The molecule has 101 heavy (non-hydrogen) atoms. The number of nitro benzene ring substituents is 1. The number of carbonyl (C=O) groups is 5. The molecule has 0 spiro atoms. The summed E-state index contributed by atoms with van der Waals surface area (Å²) >= 11 is 0. The average molecular weight is 1420 g/mol. The summed E-state index contributed by atoms with van der Waals surface area (Å²) in [5.74, 6) is 5.38.